The van der Waals surface area contributed by atoms with E-state index < -0.39 is 22.0 Å². The molecule has 1 atom stereocenters. The van der Waals surface area contributed by atoms with Crippen molar-refractivity contribution in [3.05, 3.63) is 24.3 Å². The molecule has 0 aliphatic carbocycles. The third kappa shape index (κ3) is 2.57. The van der Waals surface area contributed by atoms with Gasteiger partial charge < -0.3 is 9.84 Å². The highest BCUT2D eigenvalue weighted by Crippen LogP contribution is 2.27. The fourth-order valence-corrected chi connectivity index (χ4v) is 3.86. The van der Waals surface area contributed by atoms with E-state index in [1.54, 1.807) is 12.1 Å². The van der Waals surface area contributed by atoms with E-state index in [9.17, 15) is 13.2 Å². The third-order valence-electron chi connectivity index (χ3n) is 3.14. The molecule has 2 rings (SSSR count). The normalized spacial score (nSPS) is 20.4. The van der Waals surface area contributed by atoms with Gasteiger partial charge in [-0.15, -0.1) is 0 Å². The van der Waals surface area contributed by atoms with Crippen LogP contribution in [-0.4, -0.2) is 43.5 Å². The van der Waals surface area contributed by atoms with Gasteiger partial charge in [-0.3, -0.25) is 4.79 Å². The number of hydrogen-bond donors (Lipinski definition) is 1. The van der Waals surface area contributed by atoms with Crippen molar-refractivity contribution in [1.82, 2.24) is 4.31 Å². The maximum atomic E-state index is 12.4. The topological polar surface area (TPSA) is 83.9 Å². The second-order valence-corrected chi connectivity index (χ2v) is 6.18. The fourth-order valence-electron chi connectivity index (χ4n) is 2.17. The van der Waals surface area contributed by atoms with Gasteiger partial charge >= 0.3 is 5.97 Å². The van der Waals surface area contributed by atoms with E-state index in [2.05, 4.69) is 0 Å². The van der Waals surface area contributed by atoms with Crippen LogP contribution in [0.4, 0.5) is 0 Å². The molecule has 0 aromatic heterocycles. The molecule has 1 aliphatic heterocycles. The number of carboxylic acids is 1. The minimum atomic E-state index is -3.79. The van der Waals surface area contributed by atoms with Crippen molar-refractivity contribution in [2.24, 2.45) is 0 Å². The zero-order valence-electron chi connectivity index (χ0n) is 10.4. The smallest absolute Gasteiger partial charge is 0.322 e. The van der Waals surface area contributed by atoms with Gasteiger partial charge in [0.2, 0.25) is 10.0 Å². The number of methoxy groups -OCH3 is 1. The van der Waals surface area contributed by atoms with Crippen molar-refractivity contribution in [2.45, 2.75) is 23.8 Å². The van der Waals surface area contributed by atoms with Gasteiger partial charge in [-0.25, -0.2) is 8.42 Å². The van der Waals surface area contributed by atoms with Crippen LogP contribution in [0.2, 0.25) is 0 Å². The number of benzene rings is 1. The van der Waals surface area contributed by atoms with Gasteiger partial charge in [0.15, 0.2) is 0 Å². The molecule has 104 valence electrons. The molecule has 0 amide bonds. The lowest BCUT2D eigenvalue weighted by molar-refractivity contribution is -0.140. The Bertz CT molecular complexity index is 584. The maximum Gasteiger partial charge on any atom is 0.322 e. The Morgan fingerprint density at radius 1 is 1.47 bits per heavy atom. The largest absolute Gasteiger partial charge is 0.497 e. The molecular weight excluding hydrogens is 270 g/mol. The molecule has 1 aromatic carbocycles. The van der Waals surface area contributed by atoms with Crippen LogP contribution in [-0.2, 0) is 14.8 Å². The summed E-state index contributed by atoms with van der Waals surface area (Å²) in [6.45, 7) is 0.233. The molecule has 1 N–H and O–H groups in total. The first-order chi connectivity index (χ1) is 8.96. The SMILES string of the molecule is COc1cccc(S(=O)(=O)N2CCC[C@@H]2C(=O)O)c1. The first-order valence-corrected chi connectivity index (χ1v) is 7.29. The Morgan fingerprint density at radius 2 is 2.21 bits per heavy atom. The number of sulfonamides is 1. The summed E-state index contributed by atoms with van der Waals surface area (Å²) in [5, 5.41) is 9.06. The molecule has 0 saturated carbocycles. The first-order valence-electron chi connectivity index (χ1n) is 5.85. The van der Waals surface area contributed by atoms with E-state index in [1.165, 1.54) is 19.2 Å². The Morgan fingerprint density at radius 3 is 2.84 bits per heavy atom. The number of hydrogen-bond acceptors (Lipinski definition) is 4. The van der Waals surface area contributed by atoms with Crippen LogP contribution in [0.25, 0.3) is 0 Å². The summed E-state index contributed by atoms with van der Waals surface area (Å²) in [7, 11) is -2.35. The van der Waals surface area contributed by atoms with Gasteiger partial charge in [-0.2, -0.15) is 4.31 Å². The molecule has 7 heteroatoms. The summed E-state index contributed by atoms with van der Waals surface area (Å²) in [5.41, 5.74) is 0. The van der Waals surface area contributed by atoms with Gasteiger partial charge in [0.1, 0.15) is 11.8 Å². The van der Waals surface area contributed by atoms with E-state index in [0.29, 0.717) is 18.6 Å². The number of carboxylic acid groups (broad SMARTS) is 1. The van der Waals surface area contributed by atoms with E-state index in [-0.39, 0.29) is 11.4 Å². The number of rotatable bonds is 4. The first kappa shape index (κ1) is 13.8. The van der Waals surface area contributed by atoms with Crippen LogP contribution >= 0.6 is 0 Å². The molecule has 0 unspecified atom stereocenters. The second-order valence-electron chi connectivity index (χ2n) is 4.29. The molecule has 1 saturated heterocycles. The Labute approximate surface area is 111 Å². The van der Waals surface area contributed by atoms with Crippen LogP contribution in [0.5, 0.6) is 5.75 Å². The van der Waals surface area contributed by atoms with Crippen molar-refractivity contribution < 1.29 is 23.1 Å². The summed E-state index contributed by atoms with van der Waals surface area (Å²) in [5.74, 6) is -0.684. The number of ether oxygens (including phenoxy) is 1. The Kier molecular flexibility index (Phi) is 3.77. The molecule has 1 fully saturated rings. The van der Waals surface area contributed by atoms with Crippen LogP contribution in [0, 0.1) is 0 Å². The second kappa shape index (κ2) is 5.18. The third-order valence-corrected chi connectivity index (χ3v) is 5.04. The van der Waals surface area contributed by atoms with Crippen molar-refractivity contribution in [3.8, 4) is 5.75 Å². The van der Waals surface area contributed by atoms with Crippen LogP contribution in [0.1, 0.15) is 12.8 Å². The Hall–Kier alpha value is -1.60. The van der Waals surface area contributed by atoms with Gasteiger partial charge in [-0.05, 0) is 25.0 Å². The molecule has 0 bridgehead atoms. The van der Waals surface area contributed by atoms with Crippen molar-refractivity contribution in [2.75, 3.05) is 13.7 Å². The highest BCUT2D eigenvalue weighted by molar-refractivity contribution is 7.89. The van der Waals surface area contributed by atoms with Gasteiger partial charge in [0.05, 0.1) is 12.0 Å². The Balaban J connectivity index is 2.38. The lowest BCUT2D eigenvalue weighted by atomic mass is 10.2. The van der Waals surface area contributed by atoms with E-state index in [0.717, 1.165) is 4.31 Å². The van der Waals surface area contributed by atoms with Crippen molar-refractivity contribution in [3.63, 3.8) is 0 Å². The summed E-state index contributed by atoms with van der Waals surface area (Å²) < 4.78 is 30.9. The highest BCUT2D eigenvalue weighted by Gasteiger charge is 2.39. The molecular formula is C12H15NO5S. The minimum Gasteiger partial charge on any atom is -0.497 e. The van der Waals surface area contributed by atoms with E-state index in [1.807, 2.05) is 0 Å². The lowest BCUT2D eigenvalue weighted by Crippen LogP contribution is -2.40. The van der Waals surface area contributed by atoms with Gasteiger partial charge in [0, 0.05) is 12.6 Å². The molecule has 19 heavy (non-hydrogen) atoms. The van der Waals surface area contributed by atoms with E-state index >= 15 is 0 Å². The lowest BCUT2D eigenvalue weighted by Gasteiger charge is -2.21. The average Bonchev–Trinajstić information content (AvgIpc) is 2.89. The standard InChI is InChI=1S/C12H15NO5S/c1-18-9-4-2-5-10(8-9)19(16,17)13-7-3-6-11(13)12(14)15/h2,4-5,8,11H,3,6-7H2,1H3,(H,14,15)/t11-/m1/s1. The summed E-state index contributed by atoms with van der Waals surface area (Å²) in [6.07, 6.45) is 0.901. The zero-order chi connectivity index (χ0) is 14.0. The fraction of sp³-hybridized carbons (Fsp3) is 0.417. The summed E-state index contributed by atoms with van der Waals surface area (Å²) in [4.78, 5) is 11.1. The summed E-state index contributed by atoms with van der Waals surface area (Å²) in [6, 6.07) is 5.06. The number of nitrogens with zero attached hydrogens (tertiary/aromatic N) is 1. The molecule has 0 spiro atoms. The highest BCUT2D eigenvalue weighted by atomic mass is 32.2. The molecule has 1 heterocycles. The number of aliphatic carboxylic acids is 1. The zero-order valence-corrected chi connectivity index (χ0v) is 11.3. The van der Waals surface area contributed by atoms with Crippen LogP contribution < -0.4 is 4.74 Å². The van der Waals surface area contributed by atoms with Crippen LogP contribution in [0.15, 0.2) is 29.2 Å². The predicted octanol–water partition coefficient (Wildman–Crippen LogP) is 0.933. The average molecular weight is 285 g/mol. The quantitative estimate of drug-likeness (QED) is 0.889. The predicted molar refractivity (Wildman–Crippen MR) is 67.5 cm³/mol. The molecule has 1 aliphatic rings. The van der Waals surface area contributed by atoms with E-state index in [4.69, 9.17) is 9.84 Å². The van der Waals surface area contributed by atoms with Crippen molar-refractivity contribution >= 4 is 16.0 Å². The molecule has 1 aromatic rings. The monoisotopic (exact) mass is 285 g/mol. The molecule has 0 radical (unpaired) electrons. The molecule has 6 nitrogen and oxygen atoms in total. The maximum absolute atomic E-state index is 12.4. The van der Waals surface area contributed by atoms with Crippen LogP contribution in [0.3, 0.4) is 0 Å². The van der Waals surface area contributed by atoms with Crippen molar-refractivity contribution in [1.29, 1.82) is 0 Å². The van der Waals surface area contributed by atoms with Gasteiger partial charge in [-0.1, -0.05) is 6.07 Å². The minimum absolute atomic E-state index is 0.0556. The van der Waals surface area contributed by atoms with Gasteiger partial charge in [0.25, 0.3) is 0 Å². The summed E-state index contributed by atoms with van der Waals surface area (Å²) >= 11 is 0. The number of carbonyl (C=O) groups is 1.